The molecule has 0 aliphatic rings. The van der Waals surface area contributed by atoms with Crippen molar-refractivity contribution in [3.8, 4) is 5.69 Å². The molecule has 0 spiro atoms. The molecule has 1 aromatic heterocycles. The Balaban J connectivity index is 1.46. The second kappa shape index (κ2) is 9.68. The lowest BCUT2D eigenvalue weighted by Gasteiger charge is -2.08. The first-order valence-electron chi connectivity index (χ1n) is 9.72. The van der Waals surface area contributed by atoms with E-state index in [1.807, 2.05) is 79.2 Å². The number of hydrogen-bond donors (Lipinski definition) is 2. The van der Waals surface area contributed by atoms with E-state index in [0.29, 0.717) is 19.5 Å². The van der Waals surface area contributed by atoms with Gasteiger partial charge in [0, 0.05) is 30.8 Å². The van der Waals surface area contributed by atoms with E-state index in [-0.39, 0.29) is 18.2 Å². The second-order valence-corrected chi connectivity index (χ2v) is 6.94. The van der Waals surface area contributed by atoms with Crippen molar-refractivity contribution in [2.75, 3.05) is 6.54 Å². The van der Waals surface area contributed by atoms with Gasteiger partial charge in [-0.15, -0.1) is 0 Å². The van der Waals surface area contributed by atoms with Crippen molar-refractivity contribution in [1.29, 1.82) is 0 Å². The minimum atomic E-state index is -0.101. The zero-order valence-corrected chi connectivity index (χ0v) is 16.8. The molecule has 150 valence electrons. The van der Waals surface area contributed by atoms with Gasteiger partial charge in [0.15, 0.2) is 0 Å². The average molecular weight is 390 g/mol. The van der Waals surface area contributed by atoms with Gasteiger partial charge in [-0.3, -0.25) is 9.59 Å². The highest BCUT2D eigenvalue weighted by Gasteiger charge is 2.13. The number of benzene rings is 2. The minimum absolute atomic E-state index is 0.0835. The molecule has 0 atom stereocenters. The summed E-state index contributed by atoms with van der Waals surface area (Å²) in [5, 5.41) is 10.3. The van der Waals surface area contributed by atoms with Crippen molar-refractivity contribution in [2.24, 2.45) is 0 Å². The average Bonchev–Trinajstić information content (AvgIpc) is 3.01. The van der Waals surface area contributed by atoms with Gasteiger partial charge in [-0.2, -0.15) is 5.10 Å². The molecule has 2 N–H and O–H groups in total. The van der Waals surface area contributed by atoms with Crippen molar-refractivity contribution >= 4 is 11.8 Å². The standard InChI is InChI=1S/C23H26N4O2/c1-17-21(18(2)27(26-17)20-11-7-4-8-12-20)16-25-22(28)13-14-24-23(29)15-19-9-5-3-6-10-19/h3-12H,13-16H2,1-2H3,(H,24,29)(H,25,28). The Morgan fingerprint density at radius 1 is 0.897 bits per heavy atom. The van der Waals surface area contributed by atoms with Crippen LogP contribution in [0, 0.1) is 13.8 Å². The molecule has 3 aromatic rings. The fraction of sp³-hybridized carbons (Fsp3) is 0.261. The number of nitrogens with one attached hydrogen (secondary N) is 2. The van der Waals surface area contributed by atoms with E-state index in [1.165, 1.54) is 0 Å². The fourth-order valence-corrected chi connectivity index (χ4v) is 3.19. The Kier molecular flexibility index (Phi) is 6.79. The van der Waals surface area contributed by atoms with Crippen LogP contribution in [0.25, 0.3) is 5.69 Å². The first-order valence-corrected chi connectivity index (χ1v) is 9.72. The van der Waals surface area contributed by atoms with Crippen molar-refractivity contribution in [1.82, 2.24) is 20.4 Å². The third kappa shape index (κ3) is 5.54. The molecule has 0 fully saturated rings. The van der Waals surface area contributed by atoms with Gasteiger partial charge in [0.25, 0.3) is 0 Å². The Labute approximate surface area is 170 Å². The molecular weight excluding hydrogens is 364 g/mol. The quantitative estimate of drug-likeness (QED) is 0.621. The first kappa shape index (κ1) is 20.3. The lowest BCUT2D eigenvalue weighted by atomic mass is 10.1. The van der Waals surface area contributed by atoms with Gasteiger partial charge in [0.2, 0.25) is 11.8 Å². The largest absolute Gasteiger partial charge is 0.355 e. The third-order valence-corrected chi connectivity index (χ3v) is 4.79. The summed E-state index contributed by atoms with van der Waals surface area (Å²) in [4.78, 5) is 24.1. The number of aromatic nitrogens is 2. The van der Waals surface area contributed by atoms with Gasteiger partial charge in [0.1, 0.15) is 0 Å². The van der Waals surface area contributed by atoms with Crippen LogP contribution in [0.3, 0.4) is 0 Å². The fourth-order valence-electron chi connectivity index (χ4n) is 3.19. The minimum Gasteiger partial charge on any atom is -0.355 e. The molecule has 6 nitrogen and oxygen atoms in total. The van der Waals surface area contributed by atoms with Crippen LogP contribution in [0.4, 0.5) is 0 Å². The number of carbonyl (C=O) groups is 2. The van der Waals surface area contributed by atoms with Crippen LogP contribution in [-0.4, -0.2) is 28.1 Å². The summed E-state index contributed by atoms with van der Waals surface area (Å²) in [6, 6.07) is 19.4. The Hall–Kier alpha value is -3.41. The van der Waals surface area contributed by atoms with Gasteiger partial charge in [0.05, 0.1) is 17.8 Å². The van der Waals surface area contributed by atoms with Crippen LogP contribution in [0.1, 0.15) is 28.9 Å². The molecule has 0 saturated carbocycles. The van der Waals surface area contributed by atoms with Crippen molar-refractivity contribution < 1.29 is 9.59 Å². The van der Waals surface area contributed by atoms with Crippen molar-refractivity contribution in [3.63, 3.8) is 0 Å². The zero-order valence-electron chi connectivity index (χ0n) is 16.8. The summed E-state index contributed by atoms with van der Waals surface area (Å²) < 4.78 is 1.89. The number of nitrogens with zero attached hydrogens (tertiary/aromatic N) is 2. The predicted molar refractivity (Wildman–Crippen MR) is 113 cm³/mol. The highest BCUT2D eigenvalue weighted by molar-refractivity contribution is 5.80. The first-order chi connectivity index (χ1) is 14.0. The van der Waals surface area contributed by atoms with E-state index in [1.54, 1.807) is 0 Å². The molecule has 0 radical (unpaired) electrons. The molecule has 29 heavy (non-hydrogen) atoms. The van der Waals surface area contributed by atoms with Crippen LogP contribution >= 0.6 is 0 Å². The number of rotatable bonds is 8. The summed E-state index contributed by atoms with van der Waals surface area (Å²) in [6.07, 6.45) is 0.560. The topological polar surface area (TPSA) is 76.0 Å². The molecule has 0 unspecified atom stereocenters. The molecule has 3 rings (SSSR count). The highest BCUT2D eigenvalue weighted by atomic mass is 16.2. The second-order valence-electron chi connectivity index (χ2n) is 6.94. The monoisotopic (exact) mass is 390 g/mol. The van der Waals surface area contributed by atoms with Crippen molar-refractivity contribution in [2.45, 2.75) is 33.2 Å². The third-order valence-electron chi connectivity index (χ3n) is 4.79. The van der Waals surface area contributed by atoms with Crippen LogP contribution in [-0.2, 0) is 22.6 Å². The van der Waals surface area contributed by atoms with Crippen LogP contribution < -0.4 is 10.6 Å². The number of hydrogen-bond acceptors (Lipinski definition) is 3. The summed E-state index contributed by atoms with van der Waals surface area (Å²) >= 11 is 0. The molecule has 2 aromatic carbocycles. The van der Waals surface area contributed by atoms with Gasteiger partial charge in [-0.1, -0.05) is 48.5 Å². The van der Waals surface area contributed by atoms with Gasteiger partial charge in [-0.25, -0.2) is 4.68 Å². The van der Waals surface area contributed by atoms with Gasteiger partial charge in [-0.05, 0) is 31.5 Å². The summed E-state index contributed by atoms with van der Waals surface area (Å²) in [6.45, 7) is 4.68. The number of amides is 2. The highest BCUT2D eigenvalue weighted by Crippen LogP contribution is 2.17. The van der Waals surface area contributed by atoms with E-state index in [9.17, 15) is 9.59 Å². The van der Waals surface area contributed by atoms with Gasteiger partial charge < -0.3 is 10.6 Å². The Morgan fingerprint density at radius 2 is 1.55 bits per heavy atom. The molecule has 2 amide bonds. The van der Waals surface area contributed by atoms with Crippen LogP contribution in [0.15, 0.2) is 60.7 Å². The molecule has 0 bridgehead atoms. The summed E-state index contributed by atoms with van der Waals surface area (Å²) in [5.41, 5.74) is 4.85. The zero-order chi connectivity index (χ0) is 20.6. The molecule has 0 aliphatic heterocycles. The molecular formula is C23H26N4O2. The molecule has 1 heterocycles. The Bertz CT molecular complexity index is 965. The number of carbonyl (C=O) groups excluding carboxylic acids is 2. The molecule has 6 heteroatoms. The predicted octanol–water partition coefficient (Wildman–Crippen LogP) is 2.85. The molecule has 0 aliphatic carbocycles. The van der Waals surface area contributed by atoms with E-state index in [2.05, 4.69) is 15.7 Å². The summed E-state index contributed by atoms with van der Waals surface area (Å²) in [7, 11) is 0. The van der Waals surface area contributed by atoms with Crippen LogP contribution in [0.2, 0.25) is 0 Å². The van der Waals surface area contributed by atoms with E-state index >= 15 is 0 Å². The summed E-state index contributed by atoms with van der Waals surface area (Å²) in [5.74, 6) is -0.184. The maximum absolute atomic E-state index is 12.2. The number of para-hydroxylation sites is 1. The van der Waals surface area contributed by atoms with Gasteiger partial charge >= 0.3 is 0 Å². The Morgan fingerprint density at radius 3 is 2.24 bits per heavy atom. The smallest absolute Gasteiger partial charge is 0.224 e. The molecule has 0 saturated heterocycles. The number of aryl methyl sites for hydroxylation is 1. The maximum Gasteiger partial charge on any atom is 0.224 e. The lowest BCUT2D eigenvalue weighted by molar-refractivity contribution is -0.122. The van der Waals surface area contributed by atoms with Crippen molar-refractivity contribution in [3.05, 3.63) is 83.2 Å². The van der Waals surface area contributed by atoms with E-state index in [4.69, 9.17) is 0 Å². The normalized spacial score (nSPS) is 10.6. The SMILES string of the molecule is Cc1nn(-c2ccccc2)c(C)c1CNC(=O)CCNC(=O)Cc1ccccc1. The van der Waals surface area contributed by atoms with E-state index in [0.717, 1.165) is 28.2 Å². The van der Waals surface area contributed by atoms with Crippen LogP contribution in [0.5, 0.6) is 0 Å². The van der Waals surface area contributed by atoms with E-state index < -0.39 is 0 Å². The maximum atomic E-state index is 12.2. The lowest BCUT2D eigenvalue weighted by Crippen LogP contribution is -2.31.